The van der Waals surface area contributed by atoms with Gasteiger partial charge in [-0.15, -0.1) is 0 Å². The molecule has 33 heavy (non-hydrogen) atoms. The first-order chi connectivity index (χ1) is 15.5. The van der Waals surface area contributed by atoms with Crippen molar-refractivity contribution >= 4 is 17.7 Å². The summed E-state index contributed by atoms with van der Waals surface area (Å²) in [6, 6.07) is 9.76. The molecule has 0 amide bonds. The van der Waals surface area contributed by atoms with Crippen molar-refractivity contribution in [2.45, 2.75) is 72.2 Å². The van der Waals surface area contributed by atoms with Crippen molar-refractivity contribution in [2.24, 2.45) is 22.7 Å². The Kier molecular flexibility index (Phi) is 6.02. The highest BCUT2D eigenvalue weighted by molar-refractivity contribution is 6.00. The lowest BCUT2D eigenvalue weighted by molar-refractivity contribution is -0.171. The van der Waals surface area contributed by atoms with Crippen molar-refractivity contribution < 1.29 is 28.6 Å². The van der Waals surface area contributed by atoms with Crippen molar-refractivity contribution in [2.75, 3.05) is 6.61 Å². The van der Waals surface area contributed by atoms with Gasteiger partial charge >= 0.3 is 11.9 Å². The molecule has 6 heteroatoms. The van der Waals surface area contributed by atoms with Gasteiger partial charge in [-0.3, -0.25) is 14.4 Å². The van der Waals surface area contributed by atoms with E-state index in [4.69, 9.17) is 14.2 Å². The summed E-state index contributed by atoms with van der Waals surface area (Å²) in [5.41, 5.74) is -0.834. The number of hydrogen-bond acceptors (Lipinski definition) is 6. The van der Waals surface area contributed by atoms with Crippen molar-refractivity contribution in [3.8, 4) is 0 Å². The summed E-state index contributed by atoms with van der Waals surface area (Å²) in [7, 11) is 0. The third-order valence-corrected chi connectivity index (χ3v) is 8.15. The summed E-state index contributed by atoms with van der Waals surface area (Å²) in [4.78, 5) is 38.1. The van der Waals surface area contributed by atoms with Crippen LogP contribution >= 0.6 is 0 Å². The molecular formula is C27H34O6. The van der Waals surface area contributed by atoms with Gasteiger partial charge in [0.05, 0.1) is 25.0 Å². The fraction of sp³-hybridized carbons (Fsp3) is 0.593. The smallest absolute Gasteiger partial charge is 0.307 e. The van der Waals surface area contributed by atoms with Gasteiger partial charge in [0, 0.05) is 24.3 Å². The number of allylic oxidation sites excluding steroid dienone is 1. The van der Waals surface area contributed by atoms with Crippen LogP contribution < -0.4 is 0 Å². The first-order valence-electron chi connectivity index (χ1n) is 11.8. The summed E-state index contributed by atoms with van der Waals surface area (Å²) in [6.07, 6.45) is 2.28. The maximum Gasteiger partial charge on any atom is 0.307 e. The lowest BCUT2D eigenvalue weighted by atomic mass is 9.65. The van der Waals surface area contributed by atoms with Crippen LogP contribution in [0, 0.1) is 22.7 Å². The van der Waals surface area contributed by atoms with E-state index in [1.807, 2.05) is 43.3 Å². The number of hydrogen-bond donors (Lipinski definition) is 0. The van der Waals surface area contributed by atoms with E-state index in [9.17, 15) is 14.4 Å². The minimum atomic E-state index is -1.19. The highest BCUT2D eigenvalue weighted by atomic mass is 16.6. The predicted molar refractivity (Wildman–Crippen MR) is 122 cm³/mol. The third kappa shape index (κ3) is 3.92. The SMILES string of the molecule is CC(=O)O[C@@H]1C[C@@]2(C)C(=C[C@@]3(COCc4ccccc4)OC(=O)C[C@@]13C)C(=O)C[C@@H]2C(C)C. The van der Waals surface area contributed by atoms with Crippen LogP contribution in [0.25, 0.3) is 0 Å². The lowest BCUT2D eigenvalue weighted by Gasteiger charge is -2.43. The molecule has 0 N–H and O–H groups in total. The second kappa shape index (κ2) is 8.39. The number of esters is 2. The molecule has 6 nitrogen and oxygen atoms in total. The van der Waals surface area contributed by atoms with E-state index in [2.05, 4.69) is 20.8 Å². The second-order valence-corrected chi connectivity index (χ2v) is 10.7. The molecule has 1 aromatic rings. The van der Waals surface area contributed by atoms with Crippen molar-refractivity contribution in [1.82, 2.24) is 0 Å². The lowest BCUT2D eigenvalue weighted by Crippen LogP contribution is -2.53. The minimum absolute atomic E-state index is 0.0763. The first-order valence-corrected chi connectivity index (χ1v) is 11.8. The molecule has 1 heterocycles. The number of Topliss-reactive ketones (excluding diaryl/α,β-unsaturated/α-hetero) is 1. The van der Waals surface area contributed by atoms with Crippen LogP contribution in [0.2, 0.25) is 0 Å². The Balaban J connectivity index is 1.79. The van der Waals surface area contributed by atoms with E-state index in [0.717, 1.165) is 5.56 Å². The Morgan fingerprint density at radius 3 is 2.52 bits per heavy atom. The molecule has 1 saturated heterocycles. The average molecular weight is 455 g/mol. The number of ether oxygens (including phenoxy) is 3. The highest BCUT2D eigenvalue weighted by Gasteiger charge is 2.67. The number of carbonyl (C=O) groups is 3. The number of fused-ring (bicyclic) bond motifs is 2. The quantitative estimate of drug-likeness (QED) is 0.593. The summed E-state index contributed by atoms with van der Waals surface area (Å²) in [6.45, 7) is 10.1. The molecule has 5 atom stereocenters. The van der Waals surface area contributed by atoms with E-state index in [1.54, 1.807) is 0 Å². The molecule has 2 aliphatic carbocycles. The standard InChI is InChI=1S/C27H34O6/c1-17(2)20-11-22(29)21-12-27(16-31-15-19-9-7-6-8-10-19)26(5,14-24(30)33-27)23(32-18(3)28)13-25(20,21)4/h6-10,12,17,20,23H,11,13-16H2,1-5H3/t20-,23-,25-,26+,27+/m1/s1. The van der Waals surface area contributed by atoms with Crippen LogP contribution in [0.5, 0.6) is 0 Å². The fourth-order valence-corrected chi connectivity index (χ4v) is 6.26. The van der Waals surface area contributed by atoms with Gasteiger partial charge < -0.3 is 14.2 Å². The van der Waals surface area contributed by atoms with E-state index >= 15 is 0 Å². The number of benzene rings is 1. The predicted octanol–water partition coefficient (Wildman–Crippen LogP) is 4.41. The highest BCUT2D eigenvalue weighted by Crippen LogP contribution is 2.61. The van der Waals surface area contributed by atoms with Crippen molar-refractivity contribution in [3.63, 3.8) is 0 Å². The Bertz CT molecular complexity index is 982. The van der Waals surface area contributed by atoms with Crippen LogP contribution in [-0.4, -0.2) is 36.0 Å². The van der Waals surface area contributed by atoms with Gasteiger partial charge in [0.15, 0.2) is 11.4 Å². The molecule has 178 valence electrons. The molecule has 2 fully saturated rings. The molecule has 1 saturated carbocycles. The Morgan fingerprint density at radius 1 is 1.18 bits per heavy atom. The largest absolute Gasteiger partial charge is 0.462 e. The van der Waals surface area contributed by atoms with Crippen LogP contribution in [0.1, 0.15) is 59.4 Å². The molecule has 0 bridgehead atoms. The van der Waals surface area contributed by atoms with Gasteiger partial charge in [-0.1, -0.05) is 58.0 Å². The zero-order chi connectivity index (χ0) is 24.0. The van der Waals surface area contributed by atoms with Crippen LogP contribution in [-0.2, 0) is 35.2 Å². The van der Waals surface area contributed by atoms with E-state index < -0.39 is 28.5 Å². The molecule has 0 spiro atoms. The van der Waals surface area contributed by atoms with Gasteiger partial charge in [0.2, 0.25) is 0 Å². The van der Waals surface area contributed by atoms with Gasteiger partial charge in [-0.05, 0) is 29.9 Å². The molecule has 0 aromatic heterocycles. The third-order valence-electron chi connectivity index (χ3n) is 8.15. The maximum absolute atomic E-state index is 13.3. The molecule has 4 rings (SSSR count). The summed E-state index contributed by atoms with van der Waals surface area (Å²) >= 11 is 0. The van der Waals surface area contributed by atoms with Crippen LogP contribution in [0.15, 0.2) is 42.0 Å². The zero-order valence-corrected chi connectivity index (χ0v) is 20.2. The van der Waals surface area contributed by atoms with Gasteiger partial charge in [-0.2, -0.15) is 0 Å². The Hall–Kier alpha value is -2.47. The number of rotatable bonds is 6. The molecule has 3 aliphatic rings. The summed E-state index contributed by atoms with van der Waals surface area (Å²) in [5, 5.41) is 0. The molecule has 0 unspecified atom stereocenters. The monoisotopic (exact) mass is 454 g/mol. The Morgan fingerprint density at radius 2 is 1.88 bits per heavy atom. The summed E-state index contributed by atoms with van der Waals surface area (Å²) in [5.74, 6) is -0.301. The average Bonchev–Trinajstić information content (AvgIpc) is 3.11. The second-order valence-electron chi connectivity index (χ2n) is 10.7. The number of carbonyl (C=O) groups excluding carboxylic acids is 3. The normalized spacial score (nSPS) is 35.5. The minimum Gasteiger partial charge on any atom is -0.462 e. The molecular weight excluding hydrogens is 420 g/mol. The van der Waals surface area contributed by atoms with Crippen molar-refractivity contribution in [3.05, 3.63) is 47.5 Å². The molecule has 0 radical (unpaired) electrons. The fourth-order valence-electron chi connectivity index (χ4n) is 6.26. The van der Waals surface area contributed by atoms with Crippen LogP contribution in [0.3, 0.4) is 0 Å². The van der Waals surface area contributed by atoms with E-state index in [1.165, 1.54) is 6.92 Å². The van der Waals surface area contributed by atoms with Gasteiger partial charge in [0.25, 0.3) is 0 Å². The number of ketones is 1. The molecule has 1 aliphatic heterocycles. The zero-order valence-electron chi connectivity index (χ0n) is 20.2. The molecule has 1 aromatic carbocycles. The summed E-state index contributed by atoms with van der Waals surface area (Å²) < 4.78 is 18.0. The first kappa shape index (κ1) is 23.7. The van der Waals surface area contributed by atoms with Gasteiger partial charge in [0.1, 0.15) is 6.10 Å². The topological polar surface area (TPSA) is 78.9 Å². The Labute approximate surface area is 195 Å². The maximum atomic E-state index is 13.3. The van der Waals surface area contributed by atoms with E-state index in [-0.39, 0.29) is 36.6 Å². The van der Waals surface area contributed by atoms with Gasteiger partial charge in [-0.25, -0.2) is 0 Å². The van der Waals surface area contributed by atoms with Crippen LogP contribution in [0.4, 0.5) is 0 Å². The van der Waals surface area contributed by atoms with Crippen molar-refractivity contribution in [1.29, 1.82) is 0 Å². The van der Waals surface area contributed by atoms with E-state index in [0.29, 0.717) is 25.0 Å².